The summed E-state index contributed by atoms with van der Waals surface area (Å²) < 4.78 is 10.1. The fourth-order valence-electron chi connectivity index (χ4n) is 1.68. The average Bonchev–Trinajstić information content (AvgIpc) is 2.66. The number of fused-ring (bicyclic) bond motifs is 1. The zero-order valence-corrected chi connectivity index (χ0v) is 11.0. The Morgan fingerprint density at radius 2 is 2.11 bits per heavy atom. The topological polar surface area (TPSA) is 84.4 Å². The number of carbonyl (C=O) groups excluding carboxylic acids is 1. The van der Waals surface area contributed by atoms with Crippen LogP contribution in [0.15, 0.2) is 0 Å². The van der Waals surface area contributed by atoms with E-state index in [1.807, 2.05) is 0 Å². The van der Waals surface area contributed by atoms with Crippen LogP contribution in [-0.2, 0) is 11.3 Å². The van der Waals surface area contributed by atoms with Gasteiger partial charge in [-0.15, -0.1) is 11.3 Å². The number of aryl methyl sites for hydroxylation is 1. The minimum absolute atomic E-state index is 0.146. The minimum Gasteiger partial charge on any atom is -0.544 e. The van der Waals surface area contributed by atoms with Gasteiger partial charge in [0.25, 0.3) is 0 Å². The smallest absolute Gasteiger partial charge is 0.225 e. The fourth-order valence-corrected chi connectivity index (χ4v) is 2.71. The number of aromatic nitrogens is 2. The lowest BCUT2D eigenvalue weighted by Gasteiger charge is -2.05. The highest BCUT2D eigenvalue weighted by molar-refractivity contribution is 7.20. The van der Waals surface area contributed by atoms with Crippen LogP contribution < -0.4 is 9.84 Å². The van der Waals surface area contributed by atoms with Gasteiger partial charge in [-0.2, -0.15) is 4.98 Å². The summed E-state index contributed by atoms with van der Waals surface area (Å²) in [5.74, 6) is -0.410. The summed E-state index contributed by atoms with van der Waals surface area (Å²) in [7, 11) is 3.01. The first-order valence-corrected chi connectivity index (χ1v) is 5.94. The Kier molecular flexibility index (Phi) is 3.44. The van der Waals surface area contributed by atoms with Gasteiger partial charge in [0, 0.05) is 7.11 Å². The van der Waals surface area contributed by atoms with Gasteiger partial charge < -0.3 is 19.4 Å². The minimum atomic E-state index is -1.22. The average molecular weight is 267 g/mol. The Labute approximate surface area is 107 Å². The molecule has 2 aromatic rings. The van der Waals surface area contributed by atoms with Gasteiger partial charge in [-0.25, -0.2) is 4.98 Å². The van der Waals surface area contributed by atoms with Gasteiger partial charge in [-0.05, 0) is 12.5 Å². The van der Waals surface area contributed by atoms with Crippen molar-refractivity contribution in [3.05, 3.63) is 16.3 Å². The number of hydrogen-bond acceptors (Lipinski definition) is 7. The molecule has 6 nitrogen and oxygen atoms in total. The maximum absolute atomic E-state index is 11.0. The van der Waals surface area contributed by atoms with Gasteiger partial charge in [0.1, 0.15) is 11.4 Å². The van der Waals surface area contributed by atoms with Crippen molar-refractivity contribution >= 4 is 27.5 Å². The number of carboxylic acid groups (broad SMARTS) is 1. The van der Waals surface area contributed by atoms with E-state index in [4.69, 9.17) is 9.47 Å². The zero-order valence-electron chi connectivity index (χ0n) is 10.1. The molecule has 0 aliphatic heterocycles. The van der Waals surface area contributed by atoms with Crippen LogP contribution in [0.25, 0.3) is 10.2 Å². The molecular weight excluding hydrogens is 256 g/mol. The van der Waals surface area contributed by atoms with Gasteiger partial charge in [-0.1, -0.05) is 0 Å². The molecule has 96 valence electrons. The van der Waals surface area contributed by atoms with Crippen molar-refractivity contribution in [3.8, 4) is 5.88 Å². The second-order valence-corrected chi connectivity index (χ2v) is 4.60. The number of aromatic carboxylic acids is 1. The van der Waals surface area contributed by atoms with E-state index in [1.54, 1.807) is 6.92 Å². The molecule has 18 heavy (non-hydrogen) atoms. The van der Waals surface area contributed by atoms with Crippen molar-refractivity contribution in [2.75, 3.05) is 14.2 Å². The van der Waals surface area contributed by atoms with Crippen molar-refractivity contribution in [1.29, 1.82) is 0 Å². The van der Waals surface area contributed by atoms with Crippen molar-refractivity contribution < 1.29 is 19.4 Å². The molecule has 2 rings (SSSR count). The quantitative estimate of drug-likeness (QED) is 0.802. The van der Waals surface area contributed by atoms with E-state index in [0.717, 1.165) is 11.3 Å². The van der Waals surface area contributed by atoms with Crippen LogP contribution in [-0.4, -0.2) is 30.2 Å². The summed E-state index contributed by atoms with van der Waals surface area (Å²) >= 11 is 1.05. The van der Waals surface area contributed by atoms with Crippen molar-refractivity contribution in [1.82, 2.24) is 9.97 Å². The molecule has 0 unspecified atom stereocenters. The first-order valence-electron chi connectivity index (χ1n) is 5.12. The molecule has 0 N–H and O–H groups in total. The van der Waals surface area contributed by atoms with Crippen LogP contribution in [0.2, 0.25) is 0 Å². The molecule has 0 saturated carbocycles. The molecular formula is C11H11N2O4S-. The first kappa shape index (κ1) is 12.7. The third-order valence-electron chi connectivity index (χ3n) is 2.46. The number of thiophene rings is 1. The Hall–Kier alpha value is -1.73. The van der Waals surface area contributed by atoms with Crippen LogP contribution in [0.3, 0.4) is 0 Å². The van der Waals surface area contributed by atoms with Gasteiger partial charge in [0.2, 0.25) is 5.88 Å². The predicted molar refractivity (Wildman–Crippen MR) is 63.7 cm³/mol. The molecule has 0 aromatic carbocycles. The molecule has 0 bridgehead atoms. The number of rotatable bonds is 4. The van der Waals surface area contributed by atoms with Gasteiger partial charge in [0.15, 0.2) is 5.82 Å². The summed E-state index contributed by atoms with van der Waals surface area (Å²) in [5.41, 5.74) is 0.566. The lowest BCUT2D eigenvalue weighted by Crippen LogP contribution is -2.21. The monoisotopic (exact) mass is 267 g/mol. The molecule has 0 atom stereocenters. The molecule has 0 saturated heterocycles. The second kappa shape index (κ2) is 4.87. The molecule has 0 amide bonds. The Bertz CT molecular complexity index is 609. The van der Waals surface area contributed by atoms with Crippen LogP contribution in [0.1, 0.15) is 21.1 Å². The number of ether oxygens (including phenoxy) is 2. The number of hydrogen-bond donors (Lipinski definition) is 0. The largest absolute Gasteiger partial charge is 0.544 e. The van der Waals surface area contributed by atoms with E-state index < -0.39 is 5.97 Å². The summed E-state index contributed by atoms with van der Waals surface area (Å²) in [6, 6.07) is 0. The van der Waals surface area contributed by atoms with Crippen LogP contribution >= 0.6 is 11.3 Å². The first-order chi connectivity index (χ1) is 8.58. The maximum atomic E-state index is 11.0. The molecule has 0 aliphatic carbocycles. The summed E-state index contributed by atoms with van der Waals surface area (Å²) in [4.78, 5) is 20.1. The molecule has 2 aromatic heterocycles. The third-order valence-corrected chi connectivity index (χ3v) is 3.62. The predicted octanol–water partition coefficient (Wildman–Crippen LogP) is 0.518. The number of nitrogens with zero attached hydrogens (tertiary/aromatic N) is 2. The normalized spacial score (nSPS) is 10.8. The van der Waals surface area contributed by atoms with E-state index in [9.17, 15) is 9.90 Å². The van der Waals surface area contributed by atoms with Crippen LogP contribution in [0.5, 0.6) is 5.88 Å². The molecule has 0 radical (unpaired) electrons. The lowest BCUT2D eigenvalue weighted by atomic mass is 10.2. The van der Waals surface area contributed by atoms with E-state index in [-0.39, 0.29) is 11.5 Å². The maximum Gasteiger partial charge on any atom is 0.225 e. The van der Waals surface area contributed by atoms with E-state index in [0.29, 0.717) is 27.5 Å². The number of methoxy groups -OCH3 is 2. The fraction of sp³-hybridized carbons (Fsp3) is 0.364. The number of carbonyl (C=O) groups is 1. The van der Waals surface area contributed by atoms with E-state index in [1.165, 1.54) is 14.2 Å². The Morgan fingerprint density at radius 1 is 1.39 bits per heavy atom. The third kappa shape index (κ3) is 2.02. The van der Waals surface area contributed by atoms with E-state index >= 15 is 0 Å². The SMILES string of the molecule is COCc1nc(OC)c2c(C)c(C(=O)[O-])sc2n1. The van der Waals surface area contributed by atoms with Gasteiger partial charge in [0.05, 0.1) is 23.3 Å². The Balaban J connectivity index is 2.71. The highest BCUT2D eigenvalue weighted by Gasteiger charge is 2.17. The second-order valence-electron chi connectivity index (χ2n) is 3.61. The molecule has 0 aliphatic rings. The zero-order chi connectivity index (χ0) is 13.3. The van der Waals surface area contributed by atoms with Crippen molar-refractivity contribution in [3.63, 3.8) is 0 Å². The molecule has 7 heteroatoms. The molecule has 0 fully saturated rings. The van der Waals surface area contributed by atoms with Gasteiger partial charge in [-0.3, -0.25) is 0 Å². The summed E-state index contributed by atoms with van der Waals surface area (Å²) in [5, 5.41) is 11.6. The standard InChI is InChI=1S/C11H12N2O4S/c1-5-7-9(17-3)12-6(4-16-2)13-10(7)18-8(5)11(14)15/h4H2,1-3H3,(H,14,15)/p-1. The highest BCUT2D eigenvalue weighted by atomic mass is 32.1. The highest BCUT2D eigenvalue weighted by Crippen LogP contribution is 2.34. The van der Waals surface area contributed by atoms with Crippen molar-refractivity contribution in [2.45, 2.75) is 13.5 Å². The summed E-state index contributed by atoms with van der Waals surface area (Å²) in [6.45, 7) is 1.93. The van der Waals surface area contributed by atoms with E-state index in [2.05, 4.69) is 9.97 Å². The Morgan fingerprint density at radius 3 is 2.67 bits per heavy atom. The number of carboxylic acids is 1. The molecule has 0 spiro atoms. The van der Waals surface area contributed by atoms with Crippen LogP contribution in [0.4, 0.5) is 0 Å². The van der Waals surface area contributed by atoms with Crippen molar-refractivity contribution in [2.24, 2.45) is 0 Å². The summed E-state index contributed by atoms with van der Waals surface area (Å²) in [6.07, 6.45) is 0. The lowest BCUT2D eigenvalue weighted by molar-refractivity contribution is -0.254. The van der Waals surface area contributed by atoms with Gasteiger partial charge >= 0.3 is 0 Å². The van der Waals surface area contributed by atoms with Crippen LogP contribution in [0, 0.1) is 6.92 Å². The molecule has 2 heterocycles.